The fourth-order valence-corrected chi connectivity index (χ4v) is 4.54. The molecule has 0 atom stereocenters. The quantitative estimate of drug-likeness (QED) is 0.840. The zero-order valence-corrected chi connectivity index (χ0v) is 13.8. The van der Waals surface area contributed by atoms with Crippen LogP contribution in [0, 0.1) is 6.92 Å². The van der Waals surface area contributed by atoms with Crippen LogP contribution in [0.5, 0.6) is 0 Å². The number of halogens is 2. The third kappa shape index (κ3) is 3.08. The van der Waals surface area contributed by atoms with Gasteiger partial charge in [0.25, 0.3) is 10.0 Å². The predicted octanol–water partition coefficient (Wildman–Crippen LogP) is 3.17. The number of rotatable bonds is 3. The highest BCUT2D eigenvalue weighted by molar-refractivity contribution is 9.11. The molecular formula is C9H7Br2N3O2S2. The van der Waals surface area contributed by atoms with E-state index in [-0.39, 0.29) is 10.0 Å². The van der Waals surface area contributed by atoms with Crippen molar-refractivity contribution in [3.05, 3.63) is 32.4 Å². The molecule has 9 heteroatoms. The van der Waals surface area contributed by atoms with Crippen LogP contribution in [0.15, 0.2) is 31.1 Å². The molecule has 0 fully saturated rings. The molecule has 0 spiro atoms. The van der Waals surface area contributed by atoms with Gasteiger partial charge >= 0.3 is 0 Å². The van der Waals surface area contributed by atoms with Gasteiger partial charge in [0.2, 0.25) is 0 Å². The van der Waals surface area contributed by atoms with Gasteiger partial charge in [-0.25, -0.2) is 18.4 Å². The van der Waals surface area contributed by atoms with Crippen LogP contribution in [0.4, 0.5) is 5.82 Å². The Morgan fingerprint density at radius 1 is 1.28 bits per heavy atom. The molecule has 0 bridgehead atoms. The fraction of sp³-hybridized carbons (Fsp3) is 0.111. The average molecular weight is 413 g/mol. The Morgan fingerprint density at radius 2 is 2.00 bits per heavy atom. The molecule has 0 aliphatic rings. The Kier molecular flexibility index (Phi) is 4.05. The Morgan fingerprint density at radius 3 is 2.50 bits per heavy atom. The van der Waals surface area contributed by atoms with E-state index in [4.69, 9.17) is 0 Å². The van der Waals surface area contributed by atoms with Crippen molar-refractivity contribution in [3.8, 4) is 0 Å². The maximum absolute atomic E-state index is 12.1. The first-order valence-corrected chi connectivity index (χ1v) is 8.53. The van der Waals surface area contributed by atoms with E-state index in [0.717, 1.165) is 20.7 Å². The number of thiophene rings is 1. The van der Waals surface area contributed by atoms with E-state index < -0.39 is 10.0 Å². The van der Waals surface area contributed by atoms with Gasteiger partial charge in [-0.05, 0) is 50.4 Å². The molecule has 2 rings (SSSR count). The molecule has 2 heterocycles. The number of sulfonamides is 1. The molecule has 1 N–H and O–H groups in total. The minimum Gasteiger partial charge on any atom is -0.261 e. The summed E-state index contributed by atoms with van der Waals surface area (Å²) < 4.78 is 28.0. The number of aryl methyl sites for hydroxylation is 1. The molecule has 0 aliphatic heterocycles. The van der Waals surface area contributed by atoms with Crippen molar-refractivity contribution in [1.29, 1.82) is 0 Å². The molecule has 0 aromatic carbocycles. The van der Waals surface area contributed by atoms with E-state index in [2.05, 4.69) is 46.5 Å². The van der Waals surface area contributed by atoms with Gasteiger partial charge in [-0.15, -0.1) is 11.3 Å². The summed E-state index contributed by atoms with van der Waals surface area (Å²) >= 11 is 7.58. The van der Waals surface area contributed by atoms with E-state index in [0.29, 0.717) is 4.60 Å². The SMILES string of the molecule is Cc1cc(S(=O)(=O)Nc2cnc(Br)cn2)sc1Br. The van der Waals surface area contributed by atoms with Crippen LogP contribution in [0.2, 0.25) is 0 Å². The van der Waals surface area contributed by atoms with Gasteiger partial charge in [-0.1, -0.05) is 0 Å². The third-order valence-electron chi connectivity index (χ3n) is 1.96. The lowest BCUT2D eigenvalue weighted by Gasteiger charge is -2.04. The summed E-state index contributed by atoms with van der Waals surface area (Å²) in [5, 5.41) is 0. The lowest BCUT2D eigenvalue weighted by Crippen LogP contribution is -2.12. The second-order valence-electron chi connectivity index (χ2n) is 3.35. The monoisotopic (exact) mass is 411 g/mol. The molecule has 18 heavy (non-hydrogen) atoms. The van der Waals surface area contributed by atoms with Crippen molar-refractivity contribution in [2.24, 2.45) is 0 Å². The largest absolute Gasteiger partial charge is 0.272 e. The summed E-state index contributed by atoms with van der Waals surface area (Å²) in [7, 11) is -3.61. The van der Waals surface area contributed by atoms with Gasteiger partial charge in [-0.2, -0.15) is 0 Å². The second kappa shape index (κ2) is 5.24. The summed E-state index contributed by atoms with van der Waals surface area (Å²) in [5.41, 5.74) is 0.877. The predicted molar refractivity (Wildman–Crippen MR) is 77.3 cm³/mol. The van der Waals surface area contributed by atoms with Crippen LogP contribution in [0.1, 0.15) is 5.56 Å². The van der Waals surface area contributed by atoms with Gasteiger partial charge in [-0.3, -0.25) is 4.72 Å². The third-order valence-corrected chi connectivity index (χ3v) is 6.33. The van der Waals surface area contributed by atoms with Crippen LogP contribution in [0.3, 0.4) is 0 Å². The van der Waals surface area contributed by atoms with Gasteiger partial charge < -0.3 is 0 Å². The highest BCUT2D eigenvalue weighted by Gasteiger charge is 2.19. The molecule has 0 saturated carbocycles. The van der Waals surface area contributed by atoms with Crippen molar-refractivity contribution in [3.63, 3.8) is 0 Å². The minimum absolute atomic E-state index is 0.181. The van der Waals surface area contributed by atoms with Crippen LogP contribution in [-0.2, 0) is 10.0 Å². The van der Waals surface area contributed by atoms with Gasteiger partial charge in [0.15, 0.2) is 5.82 Å². The van der Waals surface area contributed by atoms with Crippen molar-refractivity contribution in [2.45, 2.75) is 11.1 Å². The molecular weight excluding hydrogens is 406 g/mol. The van der Waals surface area contributed by atoms with E-state index in [9.17, 15) is 8.42 Å². The van der Waals surface area contributed by atoms with Crippen LogP contribution >= 0.6 is 43.2 Å². The first kappa shape index (κ1) is 13.9. The van der Waals surface area contributed by atoms with Crippen molar-refractivity contribution in [2.75, 3.05) is 4.72 Å². The number of hydrogen-bond donors (Lipinski definition) is 1. The second-order valence-corrected chi connectivity index (χ2v) is 8.44. The fourth-order valence-electron chi connectivity index (χ4n) is 1.12. The van der Waals surface area contributed by atoms with Gasteiger partial charge in [0.1, 0.15) is 8.81 Å². The first-order valence-electron chi connectivity index (χ1n) is 4.65. The number of nitrogens with zero attached hydrogens (tertiary/aromatic N) is 2. The highest BCUT2D eigenvalue weighted by atomic mass is 79.9. The Labute approximate surface area is 125 Å². The first-order chi connectivity index (χ1) is 8.38. The van der Waals surface area contributed by atoms with Crippen LogP contribution in [-0.4, -0.2) is 18.4 Å². The van der Waals surface area contributed by atoms with E-state index >= 15 is 0 Å². The summed E-state index contributed by atoms with van der Waals surface area (Å²) in [6.07, 6.45) is 2.77. The van der Waals surface area contributed by atoms with Crippen molar-refractivity contribution >= 4 is 59.0 Å². The molecule has 0 amide bonds. The average Bonchev–Trinajstić information content (AvgIpc) is 2.63. The Balaban J connectivity index is 2.29. The topological polar surface area (TPSA) is 72.0 Å². The summed E-state index contributed by atoms with van der Waals surface area (Å²) in [6.45, 7) is 1.83. The number of anilines is 1. The molecule has 0 aliphatic carbocycles. The maximum Gasteiger partial charge on any atom is 0.272 e. The normalized spacial score (nSPS) is 11.5. The van der Waals surface area contributed by atoms with Crippen LogP contribution < -0.4 is 4.72 Å². The summed E-state index contributed by atoms with van der Waals surface area (Å²) in [4.78, 5) is 7.81. The summed E-state index contributed by atoms with van der Waals surface area (Å²) in [6, 6.07) is 1.60. The van der Waals surface area contributed by atoms with E-state index in [1.165, 1.54) is 12.4 Å². The van der Waals surface area contributed by atoms with E-state index in [1.54, 1.807) is 6.07 Å². The van der Waals surface area contributed by atoms with Crippen LogP contribution in [0.25, 0.3) is 0 Å². The van der Waals surface area contributed by atoms with Gasteiger partial charge in [0.05, 0.1) is 16.2 Å². The standard InChI is InChI=1S/C9H7Br2N3O2S2/c1-5-2-8(17-9(5)11)18(15,16)14-7-4-12-6(10)3-13-7/h2-4H,1H3,(H,13,14). The number of nitrogens with one attached hydrogen (secondary N) is 1. The Hall–Kier alpha value is -0.510. The lowest BCUT2D eigenvalue weighted by molar-refractivity contribution is 0.603. The minimum atomic E-state index is -3.61. The highest BCUT2D eigenvalue weighted by Crippen LogP contribution is 2.31. The number of aromatic nitrogens is 2. The maximum atomic E-state index is 12.1. The zero-order valence-electron chi connectivity index (χ0n) is 9.02. The smallest absolute Gasteiger partial charge is 0.261 e. The molecule has 5 nitrogen and oxygen atoms in total. The molecule has 96 valence electrons. The Bertz CT molecular complexity index is 648. The molecule has 0 saturated heterocycles. The van der Waals surface area contributed by atoms with Gasteiger partial charge in [0, 0.05) is 0 Å². The molecule has 0 radical (unpaired) electrons. The van der Waals surface area contributed by atoms with Crippen molar-refractivity contribution < 1.29 is 8.42 Å². The molecule has 2 aromatic rings. The van der Waals surface area contributed by atoms with E-state index in [1.807, 2.05) is 6.92 Å². The number of hydrogen-bond acceptors (Lipinski definition) is 5. The molecule has 0 unspecified atom stereocenters. The lowest BCUT2D eigenvalue weighted by atomic mass is 10.4. The summed E-state index contributed by atoms with van der Waals surface area (Å²) in [5.74, 6) is 0.181. The molecule has 2 aromatic heterocycles. The zero-order chi connectivity index (χ0) is 13.3. The van der Waals surface area contributed by atoms with Crippen molar-refractivity contribution in [1.82, 2.24) is 9.97 Å².